The Labute approximate surface area is 124 Å². The Balaban J connectivity index is 1.69. The summed E-state index contributed by atoms with van der Waals surface area (Å²) in [5, 5.41) is 0. The molecule has 0 saturated carbocycles. The Bertz CT molecular complexity index is 461. The number of amides is 1. The summed E-state index contributed by atoms with van der Waals surface area (Å²) in [4.78, 5) is 13.6. The molecule has 5 heteroatoms. The van der Waals surface area contributed by atoms with Gasteiger partial charge < -0.3 is 14.4 Å². The average Bonchev–Trinajstić information content (AvgIpc) is 2.51. The number of benzene rings is 1. The highest BCUT2D eigenvalue weighted by Crippen LogP contribution is 2.16. The number of carbonyl (C=O) groups is 1. The zero-order valence-electron chi connectivity index (χ0n) is 12.4. The largest absolute Gasteiger partial charge is 0.484 e. The van der Waals surface area contributed by atoms with E-state index in [0.29, 0.717) is 12.3 Å². The number of halogens is 1. The summed E-state index contributed by atoms with van der Waals surface area (Å²) in [5.74, 6) is -0.120. The van der Waals surface area contributed by atoms with E-state index in [-0.39, 0.29) is 24.4 Å². The molecular formula is C16H22FNO3. The predicted octanol–water partition coefficient (Wildman–Crippen LogP) is 2.62. The van der Waals surface area contributed by atoms with E-state index in [1.54, 1.807) is 24.1 Å². The second kappa shape index (κ2) is 7.98. The van der Waals surface area contributed by atoms with Crippen LogP contribution in [0.1, 0.15) is 25.7 Å². The molecule has 0 aliphatic carbocycles. The fourth-order valence-corrected chi connectivity index (χ4v) is 2.31. The predicted molar refractivity (Wildman–Crippen MR) is 77.7 cm³/mol. The van der Waals surface area contributed by atoms with Crippen molar-refractivity contribution in [3.8, 4) is 5.75 Å². The van der Waals surface area contributed by atoms with Crippen LogP contribution in [0.2, 0.25) is 0 Å². The van der Waals surface area contributed by atoms with Gasteiger partial charge in [0.2, 0.25) is 0 Å². The van der Waals surface area contributed by atoms with Crippen LogP contribution in [-0.4, -0.2) is 43.7 Å². The van der Waals surface area contributed by atoms with Gasteiger partial charge >= 0.3 is 0 Å². The fraction of sp³-hybridized carbons (Fsp3) is 0.562. The smallest absolute Gasteiger partial charge is 0.260 e. The summed E-state index contributed by atoms with van der Waals surface area (Å²) in [6.07, 6.45) is 4.51. The van der Waals surface area contributed by atoms with Crippen LogP contribution in [0.4, 0.5) is 4.39 Å². The van der Waals surface area contributed by atoms with Crippen molar-refractivity contribution in [3.63, 3.8) is 0 Å². The minimum Gasteiger partial charge on any atom is -0.484 e. The summed E-state index contributed by atoms with van der Waals surface area (Å²) >= 11 is 0. The molecule has 1 amide bonds. The minimum absolute atomic E-state index is 0.0779. The lowest BCUT2D eigenvalue weighted by Crippen LogP contribution is -2.34. The Morgan fingerprint density at radius 3 is 3.05 bits per heavy atom. The van der Waals surface area contributed by atoms with E-state index in [4.69, 9.17) is 9.47 Å². The van der Waals surface area contributed by atoms with Gasteiger partial charge in [0.15, 0.2) is 6.61 Å². The second-order valence-corrected chi connectivity index (χ2v) is 5.34. The van der Waals surface area contributed by atoms with Gasteiger partial charge in [-0.25, -0.2) is 4.39 Å². The Morgan fingerprint density at radius 1 is 1.48 bits per heavy atom. The molecule has 1 atom stereocenters. The van der Waals surface area contributed by atoms with E-state index in [0.717, 1.165) is 25.9 Å². The maximum absolute atomic E-state index is 13.0. The summed E-state index contributed by atoms with van der Waals surface area (Å²) in [7, 11) is 1.75. The third-order valence-electron chi connectivity index (χ3n) is 3.64. The molecule has 1 saturated heterocycles. The number of likely N-dealkylation sites (N-methyl/N-ethyl adjacent to an activating group) is 1. The lowest BCUT2D eigenvalue weighted by Gasteiger charge is -2.25. The number of hydrogen-bond donors (Lipinski definition) is 0. The van der Waals surface area contributed by atoms with Crippen molar-refractivity contribution in [3.05, 3.63) is 30.1 Å². The molecule has 0 spiro atoms. The molecule has 1 aromatic carbocycles. The van der Waals surface area contributed by atoms with Gasteiger partial charge in [-0.15, -0.1) is 0 Å². The maximum Gasteiger partial charge on any atom is 0.260 e. The maximum atomic E-state index is 13.0. The molecule has 0 N–H and O–H groups in total. The third-order valence-corrected chi connectivity index (χ3v) is 3.64. The molecule has 21 heavy (non-hydrogen) atoms. The number of rotatable bonds is 6. The van der Waals surface area contributed by atoms with Crippen LogP contribution in [0.15, 0.2) is 24.3 Å². The van der Waals surface area contributed by atoms with Crippen molar-refractivity contribution in [2.75, 3.05) is 26.8 Å². The second-order valence-electron chi connectivity index (χ2n) is 5.34. The van der Waals surface area contributed by atoms with Crippen molar-refractivity contribution >= 4 is 5.91 Å². The van der Waals surface area contributed by atoms with Crippen LogP contribution in [-0.2, 0) is 9.53 Å². The van der Waals surface area contributed by atoms with Gasteiger partial charge in [-0.3, -0.25) is 4.79 Å². The molecule has 1 aliphatic heterocycles. The van der Waals surface area contributed by atoms with E-state index in [1.165, 1.54) is 18.6 Å². The molecule has 0 bridgehead atoms. The Morgan fingerprint density at radius 2 is 2.33 bits per heavy atom. The summed E-state index contributed by atoms with van der Waals surface area (Å²) in [6, 6.07) is 5.79. The lowest BCUT2D eigenvalue weighted by molar-refractivity contribution is -0.132. The van der Waals surface area contributed by atoms with Gasteiger partial charge in [-0.05, 0) is 37.8 Å². The van der Waals surface area contributed by atoms with E-state index < -0.39 is 0 Å². The van der Waals surface area contributed by atoms with Crippen LogP contribution in [0.3, 0.4) is 0 Å². The van der Waals surface area contributed by atoms with Gasteiger partial charge in [-0.2, -0.15) is 0 Å². The molecule has 0 aromatic heterocycles. The van der Waals surface area contributed by atoms with Crippen LogP contribution < -0.4 is 4.74 Å². The summed E-state index contributed by atoms with van der Waals surface area (Å²) in [6.45, 7) is 1.40. The molecule has 116 valence electrons. The minimum atomic E-state index is -0.372. The number of hydrogen-bond acceptors (Lipinski definition) is 3. The standard InChI is InChI=1S/C16H22FNO3/c1-18(9-8-14-6-2-3-10-20-14)16(19)12-21-15-7-4-5-13(17)11-15/h4-5,7,11,14H,2-3,6,8-10,12H2,1H3. The van der Waals surface area contributed by atoms with E-state index in [2.05, 4.69) is 0 Å². The van der Waals surface area contributed by atoms with Crippen molar-refractivity contribution in [1.29, 1.82) is 0 Å². The highest BCUT2D eigenvalue weighted by Gasteiger charge is 2.16. The number of carbonyl (C=O) groups excluding carboxylic acids is 1. The molecule has 1 aromatic rings. The Hall–Kier alpha value is -1.62. The number of nitrogens with zero attached hydrogens (tertiary/aromatic N) is 1. The summed E-state index contributed by atoms with van der Waals surface area (Å²) in [5.41, 5.74) is 0. The van der Waals surface area contributed by atoms with Crippen molar-refractivity contribution in [2.45, 2.75) is 31.8 Å². The molecule has 1 aliphatic rings. The monoisotopic (exact) mass is 295 g/mol. The van der Waals surface area contributed by atoms with Crippen LogP contribution in [0, 0.1) is 5.82 Å². The van der Waals surface area contributed by atoms with Gasteiger partial charge in [0.1, 0.15) is 11.6 Å². The van der Waals surface area contributed by atoms with E-state index in [1.807, 2.05) is 0 Å². The van der Waals surface area contributed by atoms with Gasteiger partial charge in [-0.1, -0.05) is 6.07 Å². The van der Waals surface area contributed by atoms with Crippen LogP contribution in [0.5, 0.6) is 5.75 Å². The van der Waals surface area contributed by atoms with Crippen LogP contribution in [0.25, 0.3) is 0 Å². The van der Waals surface area contributed by atoms with Crippen molar-refractivity contribution < 1.29 is 18.7 Å². The molecule has 4 nitrogen and oxygen atoms in total. The molecule has 1 unspecified atom stereocenters. The Kier molecular flexibility index (Phi) is 5.99. The zero-order chi connectivity index (χ0) is 15.1. The highest BCUT2D eigenvalue weighted by atomic mass is 19.1. The summed E-state index contributed by atoms with van der Waals surface area (Å²) < 4.78 is 23.9. The first-order valence-electron chi connectivity index (χ1n) is 7.39. The number of ether oxygens (including phenoxy) is 2. The van der Waals surface area contributed by atoms with E-state index >= 15 is 0 Å². The van der Waals surface area contributed by atoms with Crippen molar-refractivity contribution in [1.82, 2.24) is 4.90 Å². The molecular weight excluding hydrogens is 273 g/mol. The SMILES string of the molecule is CN(CCC1CCCCO1)C(=O)COc1cccc(F)c1. The zero-order valence-corrected chi connectivity index (χ0v) is 12.4. The van der Waals surface area contributed by atoms with Gasteiger partial charge in [0.25, 0.3) is 5.91 Å². The molecule has 2 rings (SSSR count). The lowest BCUT2D eigenvalue weighted by atomic mass is 10.1. The highest BCUT2D eigenvalue weighted by molar-refractivity contribution is 5.77. The van der Waals surface area contributed by atoms with E-state index in [9.17, 15) is 9.18 Å². The quantitative estimate of drug-likeness (QED) is 0.810. The average molecular weight is 295 g/mol. The first-order chi connectivity index (χ1) is 10.1. The third kappa shape index (κ3) is 5.34. The molecule has 1 fully saturated rings. The van der Waals surface area contributed by atoms with Gasteiger partial charge in [0, 0.05) is 26.3 Å². The normalized spacial score (nSPS) is 18.3. The molecule has 1 heterocycles. The fourth-order valence-electron chi connectivity index (χ4n) is 2.31. The molecule has 0 radical (unpaired) electrons. The topological polar surface area (TPSA) is 38.8 Å². The van der Waals surface area contributed by atoms with Crippen molar-refractivity contribution in [2.24, 2.45) is 0 Å². The first-order valence-corrected chi connectivity index (χ1v) is 7.39. The van der Waals surface area contributed by atoms with Gasteiger partial charge in [0.05, 0.1) is 6.10 Å². The first kappa shape index (κ1) is 15.8. The van der Waals surface area contributed by atoms with Crippen LogP contribution >= 0.6 is 0 Å².